The summed E-state index contributed by atoms with van der Waals surface area (Å²) in [5.74, 6) is -0.103. The molecular weight excluding hydrogens is 275 g/mol. The summed E-state index contributed by atoms with van der Waals surface area (Å²) in [5.41, 5.74) is 4.13. The van der Waals surface area contributed by atoms with Crippen LogP contribution in [0.2, 0.25) is 0 Å². The first-order valence-electron chi connectivity index (χ1n) is 8.41. The minimum atomic E-state index is -0.103. The number of allylic oxidation sites excluding steroid dienone is 1. The summed E-state index contributed by atoms with van der Waals surface area (Å²) in [4.78, 5) is 2.32. The third-order valence-electron chi connectivity index (χ3n) is 4.34. The van der Waals surface area contributed by atoms with Crippen LogP contribution in [0.3, 0.4) is 0 Å². The third kappa shape index (κ3) is 3.35. The lowest BCUT2D eigenvalue weighted by Crippen LogP contribution is -2.45. The van der Waals surface area contributed by atoms with Gasteiger partial charge in [0.2, 0.25) is 0 Å². The Hall–Kier alpha value is -1.35. The number of nitrogens with zero attached hydrogens (tertiary/aromatic N) is 1. The van der Waals surface area contributed by atoms with E-state index in [0.717, 1.165) is 37.2 Å². The van der Waals surface area contributed by atoms with Gasteiger partial charge in [-0.25, -0.2) is 4.39 Å². The molecule has 0 fully saturated rings. The average molecular weight is 304 g/mol. The monoisotopic (exact) mass is 304 g/mol. The first-order chi connectivity index (χ1) is 10.4. The highest BCUT2D eigenvalue weighted by Crippen LogP contribution is 2.40. The highest BCUT2D eigenvalue weighted by atomic mass is 19.1. The Morgan fingerprint density at radius 3 is 2.55 bits per heavy atom. The Morgan fingerprint density at radius 2 is 1.91 bits per heavy atom. The molecule has 0 unspecified atom stereocenters. The Bertz CT molecular complexity index is 561. The van der Waals surface area contributed by atoms with Crippen LogP contribution < -0.4 is 10.2 Å². The van der Waals surface area contributed by atoms with Crippen molar-refractivity contribution in [3.8, 4) is 0 Å². The maximum absolute atomic E-state index is 14.5. The SMILES string of the molecule is CCCNCc1cc2c(cc1F)N(CCC)C(C)(C)C=C2C. The van der Waals surface area contributed by atoms with Crippen LogP contribution in [0, 0.1) is 5.82 Å². The van der Waals surface area contributed by atoms with E-state index >= 15 is 0 Å². The number of anilines is 1. The van der Waals surface area contributed by atoms with Crippen LogP contribution in [0.15, 0.2) is 18.2 Å². The van der Waals surface area contributed by atoms with E-state index in [1.165, 1.54) is 11.1 Å². The van der Waals surface area contributed by atoms with Crippen molar-refractivity contribution in [2.75, 3.05) is 18.0 Å². The van der Waals surface area contributed by atoms with Crippen LogP contribution >= 0.6 is 0 Å². The van der Waals surface area contributed by atoms with Gasteiger partial charge < -0.3 is 10.2 Å². The van der Waals surface area contributed by atoms with E-state index in [0.29, 0.717) is 6.54 Å². The molecule has 1 N–H and O–H groups in total. The van der Waals surface area contributed by atoms with E-state index in [2.05, 4.69) is 50.9 Å². The number of fused-ring (bicyclic) bond motifs is 1. The van der Waals surface area contributed by atoms with Gasteiger partial charge >= 0.3 is 0 Å². The van der Waals surface area contributed by atoms with Gasteiger partial charge in [-0.2, -0.15) is 0 Å². The molecule has 0 amide bonds. The summed E-state index contributed by atoms with van der Waals surface area (Å²) < 4.78 is 14.5. The quantitative estimate of drug-likeness (QED) is 0.764. The molecule has 0 saturated heterocycles. The highest BCUT2D eigenvalue weighted by Gasteiger charge is 2.31. The van der Waals surface area contributed by atoms with Gasteiger partial charge in [-0.15, -0.1) is 0 Å². The van der Waals surface area contributed by atoms with E-state index in [9.17, 15) is 4.39 Å². The molecule has 1 heterocycles. The fourth-order valence-corrected chi connectivity index (χ4v) is 3.31. The number of halogens is 1. The van der Waals surface area contributed by atoms with E-state index in [4.69, 9.17) is 0 Å². The maximum Gasteiger partial charge on any atom is 0.129 e. The fourth-order valence-electron chi connectivity index (χ4n) is 3.31. The van der Waals surface area contributed by atoms with E-state index in [1.54, 1.807) is 6.07 Å². The van der Waals surface area contributed by atoms with Crippen LogP contribution in [0.1, 0.15) is 58.6 Å². The lowest BCUT2D eigenvalue weighted by Gasteiger charge is -2.43. The zero-order valence-corrected chi connectivity index (χ0v) is 14.6. The molecule has 1 aromatic rings. The third-order valence-corrected chi connectivity index (χ3v) is 4.34. The molecule has 122 valence electrons. The van der Waals surface area contributed by atoms with Gasteiger partial charge in [0.25, 0.3) is 0 Å². The molecule has 0 bridgehead atoms. The van der Waals surface area contributed by atoms with Crippen molar-refractivity contribution in [2.45, 2.75) is 59.5 Å². The smallest absolute Gasteiger partial charge is 0.129 e. The van der Waals surface area contributed by atoms with Crippen molar-refractivity contribution in [1.29, 1.82) is 0 Å². The normalized spacial score (nSPS) is 16.5. The Morgan fingerprint density at radius 1 is 1.18 bits per heavy atom. The molecule has 2 nitrogen and oxygen atoms in total. The molecule has 1 aliphatic rings. The van der Waals surface area contributed by atoms with Crippen LogP contribution in [0.4, 0.5) is 10.1 Å². The molecule has 1 aliphatic heterocycles. The molecule has 0 aromatic heterocycles. The van der Waals surface area contributed by atoms with Crippen LogP contribution in [-0.2, 0) is 6.54 Å². The Balaban J connectivity index is 2.41. The van der Waals surface area contributed by atoms with Crippen molar-refractivity contribution in [2.24, 2.45) is 0 Å². The maximum atomic E-state index is 14.5. The summed E-state index contributed by atoms with van der Waals surface area (Å²) >= 11 is 0. The minimum Gasteiger partial charge on any atom is -0.362 e. The summed E-state index contributed by atoms with van der Waals surface area (Å²) in [6, 6.07) is 3.75. The topological polar surface area (TPSA) is 15.3 Å². The average Bonchev–Trinajstić information content (AvgIpc) is 2.44. The molecule has 0 spiro atoms. The van der Waals surface area contributed by atoms with Crippen molar-refractivity contribution in [1.82, 2.24) is 5.32 Å². The molecule has 0 atom stereocenters. The molecule has 0 saturated carbocycles. The van der Waals surface area contributed by atoms with Crippen LogP contribution in [0.5, 0.6) is 0 Å². The summed E-state index contributed by atoms with van der Waals surface area (Å²) in [7, 11) is 0. The van der Waals surface area contributed by atoms with Gasteiger partial charge in [0.15, 0.2) is 0 Å². The second-order valence-corrected chi connectivity index (χ2v) is 6.77. The van der Waals surface area contributed by atoms with Crippen molar-refractivity contribution in [3.63, 3.8) is 0 Å². The minimum absolute atomic E-state index is 0.0679. The number of nitrogens with one attached hydrogen (secondary N) is 1. The van der Waals surface area contributed by atoms with Gasteiger partial charge in [0, 0.05) is 29.9 Å². The van der Waals surface area contributed by atoms with E-state index in [-0.39, 0.29) is 11.4 Å². The highest BCUT2D eigenvalue weighted by molar-refractivity contribution is 5.81. The fraction of sp³-hybridized carbons (Fsp3) is 0.579. The zero-order chi connectivity index (χ0) is 16.3. The number of hydrogen-bond acceptors (Lipinski definition) is 2. The lowest BCUT2D eigenvalue weighted by atomic mass is 9.87. The van der Waals surface area contributed by atoms with Crippen LogP contribution in [-0.4, -0.2) is 18.6 Å². The predicted molar refractivity (Wildman–Crippen MR) is 93.8 cm³/mol. The van der Waals surface area contributed by atoms with Crippen molar-refractivity contribution in [3.05, 3.63) is 35.2 Å². The Kier molecular flexibility index (Phi) is 5.28. The van der Waals surface area contributed by atoms with Gasteiger partial charge in [-0.05, 0) is 57.9 Å². The number of rotatable bonds is 6. The molecular formula is C19H29FN2. The summed E-state index contributed by atoms with van der Waals surface area (Å²) in [6.07, 6.45) is 4.41. The van der Waals surface area contributed by atoms with Gasteiger partial charge in [0.1, 0.15) is 5.82 Å². The number of hydrogen-bond donors (Lipinski definition) is 1. The van der Waals surface area contributed by atoms with Crippen LogP contribution in [0.25, 0.3) is 5.57 Å². The molecule has 3 heteroatoms. The van der Waals surface area contributed by atoms with Crippen molar-refractivity contribution >= 4 is 11.3 Å². The largest absolute Gasteiger partial charge is 0.362 e. The van der Waals surface area contributed by atoms with E-state index in [1.807, 2.05) is 6.07 Å². The second-order valence-electron chi connectivity index (χ2n) is 6.77. The molecule has 2 rings (SSSR count). The standard InChI is InChI=1S/C19H29FN2/c1-6-8-21-13-15-10-16-14(3)12-19(4,5)22(9-7-2)18(16)11-17(15)20/h10-12,21H,6-9,13H2,1-5H3. The Labute approximate surface area is 134 Å². The summed E-state index contributed by atoms with van der Waals surface area (Å²) in [5, 5.41) is 3.29. The van der Waals surface area contributed by atoms with Gasteiger partial charge in [-0.1, -0.05) is 19.9 Å². The predicted octanol–water partition coefficient (Wildman–Crippen LogP) is 4.74. The van der Waals surface area contributed by atoms with E-state index < -0.39 is 0 Å². The molecule has 0 aliphatic carbocycles. The molecule has 1 aromatic carbocycles. The lowest BCUT2D eigenvalue weighted by molar-refractivity contribution is 0.543. The number of benzene rings is 1. The van der Waals surface area contributed by atoms with Crippen molar-refractivity contribution < 1.29 is 4.39 Å². The first kappa shape index (κ1) is 17.0. The zero-order valence-electron chi connectivity index (χ0n) is 14.6. The van der Waals surface area contributed by atoms with Gasteiger partial charge in [0.05, 0.1) is 5.54 Å². The first-order valence-corrected chi connectivity index (χ1v) is 8.41. The molecule has 0 radical (unpaired) electrons. The second kappa shape index (κ2) is 6.82. The van der Waals surface area contributed by atoms with Gasteiger partial charge in [-0.3, -0.25) is 0 Å². The summed E-state index contributed by atoms with van der Waals surface area (Å²) in [6.45, 7) is 13.3. The molecule has 22 heavy (non-hydrogen) atoms.